The molecule has 1 aromatic rings. The first-order valence-corrected chi connectivity index (χ1v) is 8.88. The van der Waals surface area contributed by atoms with E-state index in [-0.39, 0.29) is 30.7 Å². The van der Waals surface area contributed by atoms with Gasteiger partial charge in [0.15, 0.2) is 0 Å². The molecule has 1 atom stereocenters. The van der Waals surface area contributed by atoms with Gasteiger partial charge in [-0.2, -0.15) is 0 Å². The molecule has 0 radical (unpaired) electrons. The first-order chi connectivity index (χ1) is 11.1. The number of nitrogens with zero attached hydrogens (tertiary/aromatic N) is 4. The molecule has 1 unspecified atom stereocenters. The van der Waals surface area contributed by atoms with Gasteiger partial charge in [0.25, 0.3) is 0 Å². The maximum absolute atomic E-state index is 12.5. The van der Waals surface area contributed by atoms with Crippen LogP contribution in [0.5, 0.6) is 0 Å². The van der Waals surface area contributed by atoms with Crippen molar-refractivity contribution < 1.29 is 4.79 Å². The second-order valence-electron chi connectivity index (χ2n) is 6.95. The zero-order valence-corrected chi connectivity index (χ0v) is 16.8. The summed E-state index contributed by atoms with van der Waals surface area (Å²) in [6.45, 7) is 11.2. The number of amides is 1. The van der Waals surface area contributed by atoms with Crippen molar-refractivity contribution in [3.05, 3.63) is 18.2 Å². The Morgan fingerprint density at radius 1 is 1.28 bits per heavy atom. The molecule has 2 aliphatic heterocycles. The maximum Gasteiger partial charge on any atom is 0.224 e. The minimum atomic E-state index is 0. The van der Waals surface area contributed by atoms with Crippen molar-refractivity contribution in [3.8, 4) is 0 Å². The van der Waals surface area contributed by atoms with E-state index in [1.54, 1.807) is 0 Å². The molecule has 0 bridgehead atoms. The molecule has 2 fully saturated rings. The van der Waals surface area contributed by atoms with E-state index in [0.717, 1.165) is 58.1 Å². The van der Waals surface area contributed by atoms with Gasteiger partial charge in [0, 0.05) is 76.6 Å². The van der Waals surface area contributed by atoms with Gasteiger partial charge in [-0.15, -0.1) is 24.8 Å². The third-order valence-electron chi connectivity index (χ3n) is 5.01. The molecule has 1 N–H and O–H groups in total. The number of carbonyl (C=O) groups excluding carboxylic acids is 1. The van der Waals surface area contributed by atoms with Crippen LogP contribution in [0.3, 0.4) is 0 Å². The molecule has 3 heterocycles. The average Bonchev–Trinajstić information content (AvgIpc) is 3.22. The number of rotatable bonds is 5. The van der Waals surface area contributed by atoms with Crippen LogP contribution in [0.2, 0.25) is 0 Å². The Balaban J connectivity index is 0.00000156. The summed E-state index contributed by atoms with van der Waals surface area (Å²) < 4.78 is 2.12. The van der Waals surface area contributed by atoms with Gasteiger partial charge in [0.05, 0.1) is 0 Å². The van der Waals surface area contributed by atoms with Crippen molar-refractivity contribution >= 4 is 30.7 Å². The summed E-state index contributed by atoms with van der Waals surface area (Å²) in [5.41, 5.74) is 0. The van der Waals surface area contributed by atoms with Gasteiger partial charge in [-0.25, -0.2) is 4.98 Å². The highest BCUT2D eigenvalue weighted by molar-refractivity contribution is 5.85. The average molecular weight is 392 g/mol. The lowest BCUT2D eigenvalue weighted by molar-refractivity contribution is -0.130. The first-order valence-electron chi connectivity index (χ1n) is 8.88. The number of halogens is 2. The van der Waals surface area contributed by atoms with Crippen LogP contribution in [0.15, 0.2) is 12.4 Å². The number of hydrogen-bond acceptors (Lipinski definition) is 4. The molecule has 6 nitrogen and oxygen atoms in total. The van der Waals surface area contributed by atoms with Gasteiger partial charge >= 0.3 is 0 Å². The lowest BCUT2D eigenvalue weighted by Crippen LogP contribution is -2.49. The second kappa shape index (κ2) is 10.4. The van der Waals surface area contributed by atoms with Crippen LogP contribution in [0.25, 0.3) is 0 Å². The van der Waals surface area contributed by atoms with E-state index in [9.17, 15) is 4.79 Å². The molecule has 8 heteroatoms. The molecule has 0 saturated carbocycles. The molecule has 0 spiro atoms. The predicted octanol–water partition coefficient (Wildman–Crippen LogP) is 1.75. The van der Waals surface area contributed by atoms with E-state index >= 15 is 0 Å². The minimum absolute atomic E-state index is 0. The number of piperazine rings is 1. The molecule has 144 valence electrons. The summed E-state index contributed by atoms with van der Waals surface area (Å²) >= 11 is 0. The van der Waals surface area contributed by atoms with Gasteiger partial charge in [-0.3, -0.25) is 9.69 Å². The molecule has 3 rings (SSSR count). The number of aromatic nitrogens is 2. The van der Waals surface area contributed by atoms with Crippen LogP contribution < -0.4 is 5.32 Å². The highest BCUT2D eigenvalue weighted by Gasteiger charge is 2.30. The lowest BCUT2D eigenvalue weighted by atomic mass is 10.2. The van der Waals surface area contributed by atoms with Crippen molar-refractivity contribution in [3.63, 3.8) is 0 Å². The number of imidazole rings is 1. The summed E-state index contributed by atoms with van der Waals surface area (Å²) in [6.07, 6.45) is 5.50. The molecule has 1 aromatic heterocycles. The Morgan fingerprint density at radius 2 is 2.00 bits per heavy atom. The number of aryl methyl sites for hydroxylation is 1. The van der Waals surface area contributed by atoms with Gasteiger partial charge in [-0.05, 0) is 6.42 Å². The maximum atomic E-state index is 12.5. The highest BCUT2D eigenvalue weighted by Crippen LogP contribution is 2.18. The number of likely N-dealkylation sites (tertiary alicyclic amines) is 1. The molecule has 2 aliphatic rings. The van der Waals surface area contributed by atoms with Crippen molar-refractivity contribution in [1.29, 1.82) is 0 Å². The van der Waals surface area contributed by atoms with Gasteiger partial charge in [-0.1, -0.05) is 13.8 Å². The monoisotopic (exact) mass is 391 g/mol. The Morgan fingerprint density at radius 3 is 2.68 bits per heavy atom. The topological polar surface area (TPSA) is 53.4 Å². The lowest BCUT2D eigenvalue weighted by Gasteiger charge is -2.32. The summed E-state index contributed by atoms with van der Waals surface area (Å²) in [4.78, 5) is 21.5. The largest absolute Gasteiger partial charge is 0.341 e. The number of hydrogen-bond donors (Lipinski definition) is 1. The molecule has 25 heavy (non-hydrogen) atoms. The van der Waals surface area contributed by atoms with Crippen LogP contribution in [-0.4, -0.2) is 70.6 Å². The minimum Gasteiger partial charge on any atom is -0.341 e. The van der Waals surface area contributed by atoms with E-state index < -0.39 is 0 Å². The Bertz CT molecular complexity index is 531. The third-order valence-corrected chi connectivity index (χ3v) is 5.01. The molecule has 0 aliphatic carbocycles. The summed E-state index contributed by atoms with van der Waals surface area (Å²) in [5, 5.41) is 3.39. The SMILES string of the molecule is CC(C)c1nccn1CCC(=O)N1CCC(N2CCNCC2)C1.Cl.Cl. The van der Waals surface area contributed by atoms with Crippen LogP contribution in [0.4, 0.5) is 0 Å². The number of nitrogens with one attached hydrogen (secondary N) is 1. The zero-order chi connectivity index (χ0) is 16.2. The van der Waals surface area contributed by atoms with Crippen molar-refractivity contribution in [1.82, 2.24) is 24.7 Å². The Kier molecular flexibility index (Phi) is 9.21. The smallest absolute Gasteiger partial charge is 0.224 e. The van der Waals surface area contributed by atoms with Gasteiger partial charge < -0.3 is 14.8 Å². The van der Waals surface area contributed by atoms with Gasteiger partial charge in [0.2, 0.25) is 5.91 Å². The Hall–Kier alpha value is -0.820. The highest BCUT2D eigenvalue weighted by atomic mass is 35.5. The van der Waals surface area contributed by atoms with Crippen LogP contribution >= 0.6 is 24.8 Å². The fourth-order valence-corrected chi connectivity index (χ4v) is 3.70. The molecular formula is C17H31Cl2N5O. The fraction of sp³-hybridized carbons (Fsp3) is 0.765. The van der Waals surface area contributed by atoms with E-state index in [1.165, 1.54) is 0 Å². The van der Waals surface area contributed by atoms with E-state index in [4.69, 9.17) is 0 Å². The first kappa shape index (κ1) is 22.2. The third kappa shape index (κ3) is 5.58. The van der Waals surface area contributed by atoms with E-state index in [0.29, 0.717) is 18.4 Å². The van der Waals surface area contributed by atoms with E-state index in [1.807, 2.05) is 12.4 Å². The standard InChI is InChI=1S/C17H29N5O.2ClH/c1-14(2)17-19-7-12-21(17)9-4-16(23)22-8-3-15(13-22)20-10-5-18-6-11-20;;/h7,12,14-15,18H,3-6,8-11,13H2,1-2H3;2*1H. The van der Waals surface area contributed by atoms with Crippen molar-refractivity contribution in [2.24, 2.45) is 0 Å². The van der Waals surface area contributed by atoms with Crippen molar-refractivity contribution in [2.75, 3.05) is 39.3 Å². The van der Waals surface area contributed by atoms with Crippen LogP contribution in [0, 0.1) is 0 Å². The molecular weight excluding hydrogens is 361 g/mol. The number of carbonyl (C=O) groups is 1. The quantitative estimate of drug-likeness (QED) is 0.830. The summed E-state index contributed by atoms with van der Waals surface area (Å²) in [5.74, 6) is 1.74. The molecule has 1 amide bonds. The van der Waals surface area contributed by atoms with Gasteiger partial charge in [0.1, 0.15) is 5.82 Å². The summed E-state index contributed by atoms with van der Waals surface area (Å²) in [7, 11) is 0. The predicted molar refractivity (Wildman–Crippen MR) is 105 cm³/mol. The second-order valence-corrected chi connectivity index (χ2v) is 6.95. The van der Waals surface area contributed by atoms with E-state index in [2.05, 4.69) is 38.5 Å². The normalized spacial score (nSPS) is 21.1. The molecule has 0 aromatic carbocycles. The fourth-order valence-electron chi connectivity index (χ4n) is 3.70. The summed E-state index contributed by atoms with van der Waals surface area (Å²) in [6, 6.07) is 0.556. The van der Waals surface area contributed by atoms with Crippen LogP contribution in [0.1, 0.15) is 38.4 Å². The van der Waals surface area contributed by atoms with Crippen LogP contribution in [-0.2, 0) is 11.3 Å². The molecule has 2 saturated heterocycles. The zero-order valence-electron chi connectivity index (χ0n) is 15.2. The van der Waals surface area contributed by atoms with Crippen molar-refractivity contribution in [2.45, 2.75) is 45.2 Å². The Labute approximate surface area is 163 Å².